The number of nitrogens with one attached hydrogen (secondary N) is 1. The van der Waals surface area contributed by atoms with Crippen molar-refractivity contribution in [3.05, 3.63) is 58.0 Å². The zero-order chi connectivity index (χ0) is 17.1. The molecule has 1 aromatic heterocycles. The Morgan fingerprint density at radius 3 is 2.71 bits per heavy atom. The number of nitrogens with zero attached hydrogens (tertiary/aromatic N) is 1. The number of carbonyl (C=O) groups excluding carboxylic acids is 1. The third-order valence-electron chi connectivity index (χ3n) is 4.08. The first kappa shape index (κ1) is 16.5. The average Bonchev–Trinajstić information content (AvgIpc) is 3.03. The highest BCUT2D eigenvalue weighted by Crippen LogP contribution is 2.25. The van der Waals surface area contributed by atoms with Gasteiger partial charge in [0.25, 0.3) is 0 Å². The molecule has 1 unspecified atom stereocenters. The number of aryl methyl sites for hydroxylation is 1. The highest BCUT2D eigenvalue weighted by molar-refractivity contribution is 7.09. The Hall–Kier alpha value is -2.40. The van der Waals surface area contributed by atoms with Crippen LogP contribution >= 0.6 is 11.3 Å². The molecule has 1 atom stereocenters. The average molecular weight is 340 g/mol. The van der Waals surface area contributed by atoms with E-state index in [0.717, 1.165) is 32.8 Å². The molecular weight excluding hydrogens is 320 g/mol. The van der Waals surface area contributed by atoms with E-state index in [-0.39, 0.29) is 11.8 Å². The molecule has 0 radical (unpaired) electrons. The van der Waals surface area contributed by atoms with E-state index in [1.807, 2.05) is 49.6 Å². The summed E-state index contributed by atoms with van der Waals surface area (Å²) in [5, 5.41) is 8.15. The van der Waals surface area contributed by atoms with Gasteiger partial charge in [0.1, 0.15) is 5.75 Å². The second-order valence-corrected chi connectivity index (χ2v) is 6.83. The van der Waals surface area contributed by atoms with Gasteiger partial charge >= 0.3 is 0 Å². The maximum absolute atomic E-state index is 12.4. The van der Waals surface area contributed by atoms with Gasteiger partial charge in [-0.25, -0.2) is 4.98 Å². The number of amides is 1. The molecule has 4 nitrogen and oxygen atoms in total. The monoisotopic (exact) mass is 340 g/mol. The maximum atomic E-state index is 12.4. The quantitative estimate of drug-likeness (QED) is 0.763. The molecule has 0 aliphatic heterocycles. The maximum Gasteiger partial charge on any atom is 0.227 e. The van der Waals surface area contributed by atoms with Crippen molar-refractivity contribution in [2.24, 2.45) is 0 Å². The number of thiazole rings is 1. The molecule has 0 aliphatic rings. The molecule has 5 heteroatoms. The predicted molar refractivity (Wildman–Crippen MR) is 97.6 cm³/mol. The van der Waals surface area contributed by atoms with Gasteiger partial charge in [0, 0.05) is 5.38 Å². The molecule has 1 amide bonds. The summed E-state index contributed by atoms with van der Waals surface area (Å²) in [7, 11) is 1.66. The van der Waals surface area contributed by atoms with Crippen molar-refractivity contribution < 1.29 is 9.53 Å². The van der Waals surface area contributed by atoms with E-state index < -0.39 is 0 Å². The topological polar surface area (TPSA) is 51.2 Å². The summed E-state index contributed by atoms with van der Waals surface area (Å²) in [6.45, 7) is 4.35. The highest BCUT2D eigenvalue weighted by Gasteiger charge is 2.15. The molecule has 0 aliphatic carbocycles. The molecule has 3 rings (SSSR count). The van der Waals surface area contributed by atoms with Crippen LogP contribution in [0.25, 0.3) is 10.8 Å². The van der Waals surface area contributed by atoms with E-state index in [0.29, 0.717) is 6.54 Å². The van der Waals surface area contributed by atoms with Gasteiger partial charge < -0.3 is 10.1 Å². The van der Waals surface area contributed by atoms with E-state index in [1.165, 1.54) is 0 Å². The Morgan fingerprint density at radius 1 is 1.25 bits per heavy atom. The summed E-state index contributed by atoms with van der Waals surface area (Å²) in [4.78, 5) is 16.8. The lowest BCUT2D eigenvalue weighted by atomic mass is 9.97. The van der Waals surface area contributed by atoms with Gasteiger partial charge in [0.05, 0.1) is 30.3 Å². The summed E-state index contributed by atoms with van der Waals surface area (Å²) in [5.41, 5.74) is 1.91. The van der Waals surface area contributed by atoms with E-state index in [2.05, 4.69) is 16.4 Å². The van der Waals surface area contributed by atoms with Crippen LogP contribution in [0, 0.1) is 6.92 Å². The Morgan fingerprint density at radius 2 is 2.00 bits per heavy atom. The highest BCUT2D eigenvalue weighted by atomic mass is 32.1. The summed E-state index contributed by atoms with van der Waals surface area (Å²) in [6.07, 6.45) is 0. The number of rotatable bonds is 5. The summed E-state index contributed by atoms with van der Waals surface area (Å²) >= 11 is 1.59. The minimum Gasteiger partial charge on any atom is -0.497 e. The number of fused-ring (bicyclic) bond motifs is 1. The van der Waals surface area contributed by atoms with Gasteiger partial charge in [0.15, 0.2) is 0 Å². The van der Waals surface area contributed by atoms with Gasteiger partial charge in [-0.1, -0.05) is 24.3 Å². The first-order valence-corrected chi connectivity index (χ1v) is 8.71. The standard InChI is InChI=1S/C19H20N2O2S/c1-12(19(22)20-10-17-11-24-13(2)21-17)14-4-5-16-9-18(23-3)7-6-15(16)8-14/h4-9,11-12H,10H2,1-3H3,(H,20,22). The van der Waals surface area contributed by atoms with E-state index in [1.54, 1.807) is 18.4 Å². The molecule has 0 bridgehead atoms. The van der Waals surface area contributed by atoms with E-state index in [9.17, 15) is 4.79 Å². The lowest BCUT2D eigenvalue weighted by molar-refractivity contribution is -0.122. The molecule has 3 aromatic rings. The van der Waals surface area contributed by atoms with Crippen LogP contribution in [0.5, 0.6) is 5.75 Å². The number of aromatic nitrogens is 1. The van der Waals surface area contributed by atoms with E-state index >= 15 is 0 Å². The smallest absolute Gasteiger partial charge is 0.227 e. The van der Waals surface area contributed by atoms with E-state index in [4.69, 9.17) is 4.74 Å². The van der Waals surface area contributed by atoms with Crippen LogP contribution in [0.1, 0.15) is 29.1 Å². The number of hydrogen-bond acceptors (Lipinski definition) is 4. The second-order valence-electron chi connectivity index (χ2n) is 5.77. The van der Waals surface area contributed by atoms with Crippen LogP contribution in [0.2, 0.25) is 0 Å². The molecule has 1 heterocycles. The van der Waals surface area contributed by atoms with Crippen molar-refractivity contribution in [1.82, 2.24) is 10.3 Å². The number of carbonyl (C=O) groups is 1. The van der Waals surface area contributed by atoms with Gasteiger partial charge in [0.2, 0.25) is 5.91 Å². The van der Waals surface area contributed by atoms with Crippen molar-refractivity contribution in [2.75, 3.05) is 7.11 Å². The summed E-state index contributed by atoms with van der Waals surface area (Å²) in [6, 6.07) is 12.0. The van der Waals surface area contributed by atoms with Gasteiger partial charge in [-0.05, 0) is 42.3 Å². The summed E-state index contributed by atoms with van der Waals surface area (Å²) in [5.74, 6) is 0.629. The Labute approximate surface area is 145 Å². The molecule has 0 fully saturated rings. The van der Waals surface area contributed by atoms with Crippen molar-refractivity contribution in [2.45, 2.75) is 26.3 Å². The zero-order valence-electron chi connectivity index (χ0n) is 14.0. The predicted octanol–water partition coefficient (Wildman–Crippen LogP) is 4.03. The van der Waals surface area contributed by atoms with Crippen LogP contribution in [0.15, 0.2) is 41.8 Å². The minimum atomic E-state index is -0.212. The number of ether oxygens (including phenoxy) is 1. The molecule has 0 saturated carbocycles. The lowest BCUT2D eigenvalue weighted by Gasteiger charge is -2.13. The second kappa shape index (κ2) is 7.01. The number of benzene rings is 2. The van der Waals surface area contributed by atoms with Crippen molar-refractivity contribution >= 4 is 28.0 Å². The van der Waals surface area contributed by atoms with Crippen molar-refractivity contribution in [1.29, 1.82) is 0 Å². The first-order valence-electron chi connectivity index (χ1n) is 7.83. The Bertz CT molecular complexity index is 873. The normalized spacial score (nSPS) is 12.1. The SMILES string of the molecule is COc1ccc2cc(C(C)C(=O)NCc3csc(C)n3)ccc2c1. The summed E-state index contributed by atoms with van der Waals surface area (Å²) < 4.78 is 5.24. The molecule has 0 spiro atoms. The van der Waals surface area contributed by atoms with Crippen molar-refractivity contribution in [3.8, 4) is 5.75 Å². The molecule has 1 N–H and O–H groups in total. The molecule has 2 aromatic carbocycles. The molecule has 124 valence electrons. The lowest BCUT2D eigenvalue weighted by Crippen LogP contribution is -2.27. The number of methoxy groups -OCH3 is 1. The fourth-order valence-corrected chi connectivity index (χ4v) is 3.22. The van der Waals surface area contributed by atoms with Crippen LogP contribution in [-0.2, 0) is 11.3 Å². The third kappa shape index (κ3) is 3.57. The van der Waals surface area contributed by atoms with Crippen molar-refractivity contribution in [3.63, 3.8) is 0 Å². The van der Waals surface area contributed by atoms with Gasteiger partial charge in [-0.3, -0.25) is 4.79 Å². The van der Waals surface area contributed by atoms with Gasteiger partial charge in [-0.15, -0.1) is 11.3 Å². The fraction of sp³-hybridized carbons (Fsp3) is 0.263. The first-order chi connectivity index (χ1) is 11.6. The molecule has 24 heavy (non-hydrogen) atoms. The molecule has 0 saturated heterocycles. The van der Waals surface area contributed by atoms with Crippen LogP contribution in [0.3, 0.4) is 0 Å². The Balaban J connectivity index is 1.72. The molecular formula is C19H20N2O2S. The number of hydrogen-bond donors (Lipinski definition) is 1. The van der Waals surface area contributed by atoms with Crippen LogP contribution < -0.4 is 10.1 Å². The van der Waals surface area contributed by atoms with Crippen LogP contribution in [-0.4, -0.2) is 18.0 Å². The van der Waals surface area contributed by atoms with Gasteiger partial charge in [-0.2, -0.15) is 0 Å². The zero-order valence-corrected chi connectivity index (χ0v) is 14.8. The third-order valence-corrected chi connectivity index (χ3v) is 4.90. The van der Waals surface area contributed by atoms with Crippen LogP contribution in [0.4, 0.5) is 0 Å². The largest absolute Gasteiger partial charge is 0.497 e. The Kier molecular flexibility index (Phi) is 4.81. The fourth-order valence-electron chi connectivity index (χ4n) is 2.61. The minimum absolute atomic E-state index is 0.00788.